The summed E-state index contributed by atoms with van der Waals surface area (Å²) in [5, 5.41) is 10.5. The Morgan fingerprint density at radius 1 is 0.839 bits per heavy atom. The van der Waals surface area contributed by atoms with E-state index in [1.54, 1.807) is 0 Å². The minimum atomic E-state index is -0.422. The highest BCUT2D eigenvalue weighted by Gasteiger charge is 2.24. The van der Waals surface area contributed by atoms with Crippen molar-refractivity contribution in [1.29, 1.82) is 0 Å². The summed E-state index contributed by atoms with van der Waals surface area (Å²) in [4.78, 5) is 7.74. The summed E-state index contributed by atoms with van der Waals surface area (Å²) in [6.45, 7) is 9.14. The number of hydrogen-bond donors (Lipinski definition) is 1. The quantitative estimate of drug-likeness (QED) is 0.681. The van der Waals surface area contributed by atoms with Crippen LogP contribution in [0.1, 0.15) is 63.4 Å². The highest BCUT2D eigenvalue weighted by atomic mass is 16.5. The summed E-state index contributed by atoms with van der Waals surface area (Å²) in [6.07, 6.45) is 11.7. The Hall–Kier alpha value is -1.14. The molecule has 3 fully saturated rings. The Morgan fingerprint density at radius 3 is 2.42 bits per heavy atom. The number of aliphatic hydroxyl groups excluding tert-OH is 1. The zero-order valence-electron chi connectivity index (χ0n) is 19.4. The van der Waals surface area contributed by atoms with Crippen molar-refractivity contribution in [1.82, 2.24) is 14.7 Å². The van der Waals surface area contributed by atoms with Gasteiger partial charge in [-0.3, -0.25) is 9.80 Å². The Morgan fingerprint density at radius 2 is 1.61 bits per heavy atom. The fourth-order valence-corrected chi connectivity index (χ4v) is 5.64. The minimum absolute atomic E-state index is 0.375. The van der Waals surface area contributed by atoms with Gasteiger partial charge in [0.25, 0.3) is 0 Å². The molecule has 1 N–H and O–H groups in total. The highest BCUT2D eigenvalue weighted by Crippen LogP contribution is 2.25. The standard InChI is InChI=1S/C26H43N3O2/c30-25(21-27-13-5-1-2-6-14-27)22-31-26-12-7-9-23(19-26)20-28-15-8-16-29(18-17-28)24-10-3-4-11-24/h7,9,12,19,24-25,30H,1-6,8,10-11,13-18,20-22H2. The van der Waals surface area contributed by atoms with Crippen LogP contribution in [0, 0.1) is 0 Å². The summed E-state index contributed by atoms with van der Waals surface area (Å²) < 4.78 is 5.98. The van der Waals surface area contributed by atoms with Crippen molar-refractivity contribution in [2.75, 3.05) is 52.4 Å². The lowest BCUT2D eigenvalue weighted by Crippen LogP contribution is -2.36. The van der Waals surface area contributed by atoms with Crippen LogP contribution in [-0.4, -0.2) is 84.4 Å². The first-order valence-electron chi connectivity index (χ1n) is 12.8. The number of aliphatic hydroxyl groups is 1. The Labute approximate surface area is 189 Å². The van der Waals surface area contributed by atoms with E-state index in [9.17, 15) is 5.11 Å². The molecule has 1 aromatic carbocycles. The SMILES string of the molecule is OC(COc1cccc(CN2CCCN(C3CCCC3)CC2)c1)CN1CCCCCC1. The molecular formula is C26H43N3O2. The molecule has 0 radical (unpaired) electrons. The largest absolute Gasteiger partial charge is 0.491 e. The molecule has 4 rings (SSSR count). The van der Waals surface area contributed by atoms with Crippen molar-refractivity contribution in [2.24, 2.45) is 0 Å². The van der Waals surface area contributed by atoms with Crippen molar-refractivity contribution in [3.63, 3.8) is 0 Å². The van der Waals surface area contributed by atoms with Crippen molar-refractivity contribution in [2.45, 2.75) is 76.5 Å². The lowest BCUT2D eigenvalue weighted by atomic mass is 10.2. The van der Waals surface area contributed by atoms with E-state index in [4.69, 9.17) is 4.74 Å². The average molecular weight is 430 g/mol. The summed E-state index contributed by atoms with van der Waals surface area (Å²) in [7, 11) is 0. The van der Waals surface area contributed by atoms with Crippen LogP contribution in [0.15, 0.2) is 24.3 Å². The van der Waals surface area contributed by atoms with Crippen LogP contribution in [0.4, 0.5) is 0 Å². The average Bonchev–Trinajstić information content (AvgIpc) is 3.05. The molecule has 2 heterocycles. The maximum absolute atomic E-state index is 10.5. The zero-order chi connectivity index (χ0) is 21.3. The van der Waals surface area contributed by atoms with Gasteiger partial charge in [-0.1, -0.05) is 37.8 Å². The molecule has 174 valence electrons. The van der Waals surface area contributed by atoms with E-state index in [-0.39, 0.29) is 0 Å². The topological polar surface area (TPSA) is 39.2 Å². The fraction of sp³-hybridized carbons (Fsp3) is 0.769. The van der Waals surface area contributed by atoms with Gasteiger partial charge in [-0.05, 0) is 76.0 Å². The minimum Gasteiger partial charge on any atom is -0.491 e. The van der Waals surface area contributed by atoms with E-state index in [1.807, 2.05) is 6.07 Å². The van der Waals surface area contributed by atoms with E-state index in [0.29, 0.717) is 6.61 Å². The van der Waals surface area contributed by atoms with Crippen LogP contribution in [0.3, 0.4) is 0 Å². The number of rotatable bonds is 8. The zero-order valence-corrected chi connectivity index (χ0v) is 19.4. The van der Waals surface area contributed by atoms with Crippen molar-refractivity contribution < 1.29 is 9.84 Å². The molecular weight excluding hydrogens is 386 g/mol. The lowest BCUT2D eigenvalue weighted by molar-refractivity contribution is 0.0693. The van der Waals surface area contributed by atoms with E-state index in [2.05, 4.69) is 32.9 Å². The van der Waals surface area contributed by atoms with Crippen LogP contribution in [-0.2, 0) is 6.54 Å². The van der Waals surface area contributed by atoms with Crippen LogP contribution < -0.4 is 4.74 Å². The van der Waals surface area contributed by atoms with Gasteiger partial charge in [-0.2, -0.15) is 0 Å². The molecule has 31 heavy (non-hydrogen) atoms. The molecule has 2 saturated heterocycles. The molecule has 0 amide bonds. The molecule has 5 heteroatoms. The molecule has 1 unspecified atom stereocenters. The highest BCUT2D eigenvalue weighted by molar-refractivity contribution is 5.28. The molecule has 1 aliphatic carbocycles. The molecule has 0 aromatic heterocycles. The molecule has 1 atom stereocenters. The van der Waals surface area contributed by atoms with E-state index in [0.717, 1.165) is 44.5 Å². The van der Waals surface area contributed by atoms with Crippen LogP contribution in [0.25, 0.3) is 0 Å². The monoisotopic (exact) mass is 429 g/mol. The maximum atomic E-state index is 10.5. The van der Waals surface area contributed by atoms with Gasteiger partial charge < -0.3 is 14.7 Å². The molecule has 1 aromatic rings. The van der Waals surface area contributed by atoms with Crippen molar-refractivity contribution >= 4 is 0 Å². The van der Waals surface area contributed by atoms with Crippen LogP contribution in [0.5, 0.6) is 5.75 Å². The number of β-amino-alcohol motifs (C(OH)–C–C–N with tert-alkyl or cyclic N) is 1. The van der Waals surface area contributed by atoms with Gasteiger partial charge in [0.15, 0.2) is 0 Å². The molecule has 0 bridgehead atoms. The molecule has 3 aliphatic rings. The molecule has 5 nitrogen and oxygen atoms in total. The van der Waals surface area contributed by atoms with Gasteiger partial charge in [-0.25, -0.2) is 0 Å². The summed E-state index contributed by atoms with van der Waals surface area (Å²) in [5.41, 5.74) is 1.31. The predicted molar refractivity (Wildman–Crippen MR) is 127 cm³/mol. The van der Waals surface area contributed by atoms with E-state index < -0.39 is 6.10 Å². The number of hydrogen-bond acceptors (Lipinski definition) is 5. The molecule has 0 spiro atoms. The Bertz CT molecular complexity index is 641. The summed E-state index contributed by atoms with van der Waals surface area (Å²) >= 11 is 0. The number of benzene rings is 1. The van der Waals surface area contributed by atoms with Gasteiger partial charge >= 0.3 is 0 Å². The smallest absolute Gasteiger partial charge is 0.119 e. The van der Waals surface area contributed by atoms with Gasteiger partial charge in [0.1, 0.15) is 18.5 Å². The number of likely N-dealkylation sites (tertiary alicyclic amines) is 1. The molecule has 2 aliphatic heterocycles. The fourth-order valence-electron chi connectivity index (χ4n) is 5.64. The second kappa shape index (κ2) is 12.2. The normalized spacial score (nSPS) is 24.0. The third-order valence-corrected chi connectivity index (χ3v) is 7.38. The van der Waals surface area contributed by atoms with Gasteiger partial charge in [0, 0.05) is 32.2 Å². The third-order valence-electron chi connectivity index (χ3n) is 7.38. The van der Waals surface area contributed by atoms with Crippen LogP contribution in [0.2, 0.25) is 0 Å². The predicted octanol–water partition coefficient (Wildman–Crippen LogP) is 3.75. The summed E-state index contributed by atoms with van der Waals surface area (Å²) in [5.74, 6) is 0.884. The van der Waals surface area contributed by atoms with Crippen molar-refractivity contribution in [3.8, 4) is 5.75 Å². The maximum Gasteiger partial charge on any atom is 0.119 e. The summed E-state index contributed by atoms with van der Waals surface area (Å²) in [6, 6.07) is 9.33. The van der Waals surface area contributed by atoms with Gasteiger partial charge in [-0.15, -0.1) is 0 Å². The van der Waals surface area contributed by atoms with Gasteiger partial charge in [0.05, 0.1) is 0 Å². The first kappa shape index (κ1) is 23.0. The van der Waals surface area contributed by atoms with E-state index >= 15 is 0 Å². The molecule has 1 saturated carbocycles. The second-order valence-corrected chi connectivity index (χ2v) is 9.93. The first-order chi connectivity index (χ1) is 15.3. The number of nitrogens with zero attached hydrogens (tertiary/aromatic N) is 3. The Balaban J connectivity index is 1.21. The number of ether oxygens (including phenoxy) is 1. The third kappa shape index (κ3) is 7.45. The van der Waals surface area contributed by atoms with Crippen molar-refractivity contribution in [3.05, 3.63) is 29.8 Å². The second-order valence-electron chi connectivity index (χ2n) is 9.93. The van der Waals surface area contributed by atoms with Crippen LogP contribution >= 0.6 is 0 Å². The van der Waals surface area contributed by atoms with Gasteiger partial charge in [0.2, 0.25) is 0 Å². The van der Waals surface area contributed by atoms with E-state index in [1.165, 1.54) is 83.0 Å². The lowest BCUT2D eigenvalue weighted by Gasteiger charge is -2.27. The Kier molecular flexibility index (Phi) is 9.06. The first-order valence-corrected chi connectivity index (χ1v) is 12.8.